The Morgan fingerprint density at radius 3 is 2.69 bits per heavy atom. The Morgan fingerprint density at radius 2 is 2.00 bits per heavy atom. The molecule has 66 valence electrons. The van der Waals surface area contributed by atoms with E-state index in [-0.39, 0.29) is 0 Å². The van der Waals surface area contributed by atoms with Crippen LogP contribution in [0.2, 0.25) is 0 Å². The lowest BCUT2D eigenvalue weighted by Crippen LogP contribution is -1.99. The molecule has 2 heterocycles. The summed E-state index contributed by atoms with van der Waals surface area (Å²) < 4.78 is 0. The van der Waals surface area contributed by atoms with E-state index in [0.29, 0.717) is 6.54 Å². The predicted molar refractivity (Wildman–Crippen MR) is 47.9 cm³/mol. The van der Waals surface area contributed by atoms with Crippen LogP contribution in [-0.4, -0.2) is 19.9 Å². The molecule has 5 nitrogen and oxygen atoms in total. The summed E-state index contributed by atoms with van der Waals surface area (Å²) in [6, 6.07) is 0. The summed E-state index contributed by atoms with van der Waals surface area (Å²) in [6.45, 7) is 0.702. The van der Waals surface area contributed by atoms with Crippen LogP contribution in [-0.2, 0) is 6.54 Å². The van der Waals surface area contributed by atoms with E-state index in [1.807, 2.05) is 0 Å². The Kier molecular flexibility index (Phi) is 2.18. The third kappa shape index (κ3) is 2.02. The number of aromatic nitrogens is 4. The van der Waals surface area contributed by atoms with Crippen molar-refractivity contribution in [1.29, 1.82) is 0 Å². The fourth-order valence-electron chi connectivity index (χ4n) is 0.969. The van der Waals surface area contributed by atoms with Crippen LogP contribution in [0.4, 0.5) is 5.69 Å². The smallest absolute Gasteiger partial charge is 0.115 e. The fourth-order valence-corrected chi connectivity index (χ4v) is 0.969. The summed E-state index contributed by atoms with van der Waals surface area (Å²) in [6.07, 6.45) is 8.38. The van der Waals surface area contributed by atoms with Crippen LogP contribution in [0.1, 0.15) is 5.69 Å². The second kappa shape index (κ2) is 3.66. The van der Waals surface area contributed by atoms with Crippen LogP contribution in [0.15, 0.2) is 31.2 Å². The van der Waals surface area contributed by atoms with Crippen LogP contribution < -0.4 is 5.32 Å². The molecule has 0 bridgehead atoms. The third-order valence-corrected chi connectivity index (χ3v) is 1.60. The number of imidazole rings is 1. The van der Waals surface area contributed by atoms with E-state index in [1.165, 1.54) is 6.33 Å². The molecule has 13 heavy (non-hydrogen) atoms. The highest BCUT2D eigenvalue weighted by Gasteiger charge is 1.93. The number of nitrogens with zero attached hydrogens (tertiary/aromatic N) is 3. The number of aromatic amines is 1. The van der Waals surface area contributed by atoms with Crippen LogP contribution in [0.5, 0.6) is 0 Å². The van der Waals surface area contributed by atoms with Crippen LogP contribution in [0, 0.1) is 0 Å². The second-order valence-corrected chi connectivity index (χ2v) is 2.56. The van der Waals surface area contributed by atoms with E-state index in [9.17, 15) is 0 Å². The summed E-state index contributed by atoms with van der Waals surface area (Å²) in [5.74, 6) is 0. The van der Waals surface area contributed by atoms with E-state index in [2.05, 4.69) is 25.3 Å². The number of nitrogens with one attached hydrogen (secondary N) is 2. The summed E-state index contributed by atoms with van der Waals surface area (Å²) in [5.41, 5.74) is 1.93. The largest absolute Gasteiger partial charge is 0.377 e. The molecular weight excluding hydrogens is 166 g/mol. The van der Waals surface area contributed by atoms with E-state index in [1.54, 1.807) is 24.9 Å². The van der Waals surface area contributed by atoms with Crippen LogP contribution in [0.3, 0.4) is 0 Å². The van der Waals surface area contributed by atoms with Gasteiger partial charge >= 0.3 is 0 Å². The van der Waals surface area contributed by atoms with E-state index in [4.69, 9.17) is 0 Å². The lowest BCUT2D eigenvalue weighted by Gasteiger charge is -2.01. The number of hydrogen-bond donors (Lipinski definition) is 2. The van der Waals surface area contributed by atoms with Gasteiger partial charge < -0.3 is 10.3 Å². The maximum atomic E-state index is 3.91. The molecule has 0 spiro atoms. The van der Waals surface area contributed by atoms with Crippen molar-refractivity contribution in [2.24, 2.45) is 0 Å². The van der Waals surface area contributed by atoms with Gasteiger partial charge in [0.05, 0.1) is 36.6 Å². The molecule has 0 atom stereocenters. The Hall–Kier alpha value is -1.91. The molecule has 0 saturated carbocycles. The molecule has 2 aromatic rings. The van der Waals surface area contributed by atoms with Gasteiger partial charge in [-0.05, 0) is 0 Å². The Balaban J connectivity index is 1.94. The zero-order valence-corrected chi connectivity index (χ0v) is 6.94. The van der Waals surface area contributed by atoms with Gasteiger partial charge in [0.2, 0.25) is 0 Å². The average Bonchev–Trinajstić information content (AvgIpc) is 2.69. The summed E-state index contributed by atoms with van der Waals surface area (Å²) in [5, 5.41) is 3.15. The second-order valence-electron chi connectivity index (χ2n) is 2.56. The molecule has 0 fully saturated rings. The van der Waals surface area contributed by atoms with Crippen molar-refractivity contribution in [3.8, 4) is 0 Å². The van der Waals surface area contributed by atoms with Crippen molar-refractivity contribution in [2.45, 2.75) is 6.54 Å². The molecule has 2 rings (SSSR count). The van der Waals surface area contributed by atoms with Crippen molar-refractivity contribution in [3.05, 3.63) is 36.9 Å². The van der Waals surface area contributed by atoms with Gasteiger partial charge in [-0.3, -0.25) is 0 Å². The van der Waals surface area contributed by atoms with Crippen molar-refractivity contribution in [1.82, 2.24) is 19.9 Å². The molecule has 0 aliphatic heterocycles. The Morgan fingerprint density at radius 1 is 1.15 bits per heavy atom. The van der Waals surface area contributed by atoms with Crippen molar-refractivity contribution in [2.75, 3.05) is 5.32 Å². The monoisotopic (exact) mass is 175 g/mol. The minimum absolute atomic E-state index is 0.702. The van der Waals surface area contributed by atoms with Crippen molar-refractivity contribution in [3.63, 3.8) is 0 Å². The molecule has 2 N–H and O–H groups in total. The van der Waals surface area contributed by atoms with E-state index >= 15 is 0 Å². The van der Waals surface area contributed by atoms with Gasteiger partial charge in [0.1, 0.15) is 6.33 Å². The predicted octanol–water partition coefficient (Wildman–Crippen LogP) is 0.812. The topological polar surface area (TPSA) is 66.5 Å². The normalized spacial score (nSPS) is 9.85. The van der Waals surface area contributed by atoms with Crippen molar-refractivity contribution < 1.29 is 0 Å². The highest BCUT2D eigenvalue weighted by Crippen LogP contribution is 2.02. The molecule has 2 aromatic heterocycles. The molecule has 0 unspecified atom stereocenters. The number of anilines is 1. The summed E-state index contributed by atoms with van der Waals surface area (Å²) in [4.78, 5) is 14.7. The molecular formula is C8H9N5. The molecule has 5 heteroatoms. The zero-order chi connectivity index (χ0) is 8.93. The standard InChI is InChI=1S/C8H9N5/c1-7(2-10-5-9-1)12-4-8-3-11-6-13-8/h1-3,5-6,12H,4H2,(H,11,13). The molecule has 0 amide bonds. The summed E-state index contributed by atoms with van der Waals surface area (Å²) in [7, 11) is 0. The van der Waals surface area contributed by atoms with Crippen LogP contribution >= 0.6 is 0 Å². The van der Waals surface area contributed by atoms with Gasteiger partial charge in [-0.25, -0.2) is 15.0 Å². The van der Waals surface area contributed by atoms with Crippen molar-refractivity contribution >= 4 is 5.69 Å². The van der Waals surface area contributed by atoms with Gasteiger partial charge in [-0.1, -0.05) is 0 Å². The molecule has 0 radical (unpaired) electrons. The highest BCUT2D eigenvalue weighted by atomic mass is 15.0. The molecule has 0 aliphatic carbocycles. The minimum Gasteiger partial charge on any atom is -0.377 e. The van der Waals surface area contributed by atoms with E-state index < -0.39 is 0 Å². The van der Waals surface area contributed by atoms with Gasteiger partial charge in [-0.15, -0.1) is 0 Å². The third-order valence-electron chi connectivity index (χ3n) is 1.60. The average molecular weight is 175 g/mol. The number of H-pyrrole nitrogens is 1. The van der Waals surface area contributed by atoms with Gasteiger partial charge in [0, 0.05) is 6.20 Å². The quantitative estimate of drug-likeness (QED) is 0.724. The first-order valence-corrected chi connectivity index (χ1v) is 3.91. The lowest BCUT2D eigenvalue weighted by molar-refractivity contribution is 1.05. The molecule has 0 aliphatic rings. The fraction of sp³-hybridized carbons (Fsp3) is 0.125. The maximum absolute atomic E-state index is 3.91. The molecule has 0 aromatic carbocycles. The molecule has 0 saturated heterocycles. The number of hydrogen-bond acceptors (Lipinski definition) is 4. The Labute approximate surface area is 75.3 Å². The Bertz CT molecular complexity index is 342. The van der Waals surface area contributed by atoms with Gasteiger partial charge in [0.15, 0.2) is 0 Å². The first kappa shape index (κ1) is 7.72. The number of rotatable bonds is 3. The highest BCUT2D eigenvalue weighted by molar-refractivity contribution is 5.37. The minimum atomic E-state index is 0.702. The maximum Gasteiger partial charge on any atom is 0.115 e. The first-order valence-electron chi connectivity index (χ1n) is 3.91. The zero-order valence-electron chi connectivity index (χ0n) is 6.94. The summed E-state index contributed by atoms with van der Waals surface area (Å²) >= 11 is 0. The van der Waals surface area contributed by atoms with Gasteiger partial charge in [0.25, 0.3) is 0 Å². The van der Waals surface area contributed by atoms with E-state index in [0.717, 1.165) is 11.4 Å². The lowest BCUT2D eigenvalue weighted by atomic mass is 10.4. The SMILES string of the molecule is c1ncc(NCc2cnc[nH]2)cn1. The van der Waals surface area contributed by atoms with Crippen LogP contribution in [0.25, 0.3) is 0 Å². The van der Waals surface area contributed by atoms with Gasteiger partial charge in [-0.2, -0.15) is 0 Å². The first-order chi connectivity index (χ1) is 6.45.